The van der Waals surface area contributed by atoms with E-state index >= 15 is 0 Å². The van der Waals surface area contributed by atoms with Crippen molar-refractivity contribution in [2.75, 3.05) is 19.2 Å². The molecule has 1 aliphatic heterocycles. The smallest absolute Gasteiger partial charge is 0.410 e. The molecule has 1 aliphatic rings. The van der Waals surface area contributed by atoms with E-state index in [9.17, 15) is 9.59 Å². The van der Waals surface area contributed by atoms with Crippen LogP contribution in [0.15, 0.2) is 4.42 Å². The first kappa shape index (κ1) is 19.6. The fraction of sp³-hybridized carbons (Fsp3) is 0.706. The average Bonchev–Trinajstić information content (AvgIpc) is 3.12. The summed E-state index contributed by atoms with van der Waals surface area (Å²) in [7, 11) is 0. The lowest BCUT2D eigenvalue weighted by molar-refractivity contribution is 0.0290. The minimum Gasteiger partial charge on any atom is -0.444 e. The largest absolute Gasteiger partial charge is 0.444 e. The molecule has 2 heterocycles. The number of carbonyl (C=O) groups excluding carboxylic acids is 2. The van der Waals surface area contributed by atoms with Gasteiger partial charge in [-0.1, -0.05) is 25.4 Å². The molecule has 0 aromatic carbocycles. The quantitative estimate of drug-likeness (QED) is 0.589. The summed E-state index contributed by atoms with van der Waals surface area (Å²) in [6.07, 6.45) is 0.341. The Hall–Kier alpha value is -1.76. The summed E-state index contributed by atoms with van der Waals surface area (Å²) in [5.41, 5.74) is 0.00216. The molecule has 7 nitrogen and oxygen atoms in total. The Morgan fingerprint density at radius 3 is 2.64 bits per heavy atom. The van der Waals surface area contributed by atoms with E-state index in [0.29, 0.717) is 31.1 Å². The fourth-order valence-electron chi connectivity index (χ4n) is 2.63. The van der Waals surface area contributed by atoms with Crippen LogP contribution < -0.4 is 0 Å². The first-order chi connectivity index (χ1) is 11.6. The molecule has 0 N–H and O–H groups in total. The minimum atomic E-state index is -0.626. The van der Waals surface area contributed by atoms with Crippen LogP contribution in [0.2, 0.25) is 0 Å². The van der Waals surface area contributed by atoms with Crippen molar-refractivity contribution < 1.29 is 23.5 Å². The van der Waals surface area contributed by atoms with Gasteiger partial charge in [-0.05, 0) is 33.1 Å². The second-order valence-corrected chi connectivity index (χ2v) is 7.59. The van der Waals surface area contributed by atoms with Crippen molar-refractivity contribution in [2.45, 2.75) is 58.5 Å². The van der Waals surface area contributed by atoms with Crippen LogP contribution in [0.25, 0.3) is 0 Å². The third-order valence-corrected chi connectivity index (χ3v) is 3.89. The van der Waals surface area contributed by atoms with Crippen molar-refractivity contribution in [1.82, 2.24) is 9.88 Å². The molecule has 1 saturated heterocycles. The lowest BCUT2D eigenvalue weighted by Gasteiger charge is -2.24. The summed E-state index contributed by atoms with van der Waals surface area (Å²) in [5, 5.41) is 0. The second kappa shape index (κ2) is 7.64. The lowest BCUT2D eigenvalue weighted by atomic mass is 10.1. The van der Waals surface area contributed by atoms with Gasteiger partial charge in [0, 0.05) is 13.1 Å². The van der Waals surface area contributed by atoms with Crippen LogP contribution in [-0.2, 0) is 9.47 Å². The summed E-state index contributed by atoms with van der Waals surface area (Å²) in [4.78, 5) is 30.3. The Bertz CT molecular complexity index is 635. The van der Waals surface area contributed by atoms with Crippen molar-refractivity contribution in [3.8, 4) is 0 Å². The zero-order chi connectivity index (χ0) is 18.8. The van der Waals surface area contributed by atoms with Crippen molar-refractivity contribution in [1.29, 1.82) is 0 Å². The predicted molar refractivity (Wildman–Crippen MR) is 91.9 cm³/mol. The molecule has 0 spiro atoms. The average molecular weight is 373 g/mol. The van der Waals surface area contributed by atoms with Gasteiger partial charge in [0.2, 0.25) is 11.7 Å². The van der Waals surface area contributed by atoms with Crippen molar-refractivity contribution >= 4 is 23.7 Å². The molecular weight excluding hydrogens is 348 g/mol. The van der Waals surface area contributed by atoms with Gasteiger partial charge in [-0.2, -0.15) is 0 Å². The molecule has 1 amide bonds. The van der Waals surface area contributed by atoms with Gasteiger partial charge in [0.1, 0.15) is 5.60 Å². The number of rotatable bonds is 4. The predicted octanol–water partition coefficient (Wildman–Crippen LogP) is 3.88. The highest BCUT2D eigenvalue weighted by Gasteiger charge is 2.35. The number of carbonyl (C=O) groups is 2. The van der Waals surface area contributed by atoms with Gasteiger partial charge in [0.25, 0.3) is 0 Å². The maximum Gasteiger partial charge on any atom is 0.410 e. The second-order valence-electron chi connectivity index (χ2n) is 7.37. The van der Waals surface area contributed by atoms with Gasteiger partial charge in [0.05, 0.1) is 11.6 Å². The molecular formula is C17H25ClN2O5. The van der Waals surface area contributed by atoms with Crippen molar-refractivity contribution in [2.24, 2.45) is 0 Å². The van der Waals surface area contributed by atoms with Crippen LogP contribution in [0.1, 0.15) is 75.0 Å². The number of hydrogen-bond donors (Lipinski definition) is 0. The molecule has 1 fully saturated rings. The molecule has 0 saturated carbocycles. The molecule has 0 radical (unpaired) electrons. The number of ether oxygens (including phenoxy) is 2. The maximum atomic E-state index is 12.2. The third-order valence-electron chi connectivity index (χ3n) is 3.78. The SMILES string of the molecule is CC(C)c1nc(C2CCN(C(=O)OC(C)(C)C)C2)oc1C(=O)OCCl. The number of hydrogen-bond acceptors (Lipinski definition) is 6. The zero-order valence-corrected chi connectivity index (χ0v) is 16.1. The van der Waals surface area contributed by atoms with E-state index in [1.54, 1.807) is 4.90 Å². The number of halogens is 1. The van der Waals surface area contributed by atoms with E-state index in [1.807, 2.05) is 34.6 Å². The third kappa shape index (κ3) is 4.87. The molecule has 140 valence electrons. The Balaban J connectivity index is 2.13. The number of nitrogens with zero attached hydrogens (tertiary/aromatic N) is 2. The van der Waals surface area contributed by atoms with Crippen LogP contribution in [0.4, 0.5) is 4.79 Å². The van der Waals surface area contributed by atoms with Gasteiger partial charge in [0.15, 0.2) is 6.07 Å². The molecule has 1 unspecified atom stereocenters. The summed E-state index contributed by atoms with van der Waals surface area (Å²) >= 11 is 5.46. The van der Waals surface area contributed by atoms with Crippen LogP contribution in [0.5, 0.6) is 0 Å². The van der Waals surface area contributed by atoms with E-state index in [0.717, 1.165) is 0 Å². The number of likely N-dealkylation sites (tertiary alicyclic amines) is 1. The number of amides is 1. The monoisotopic (exact) mass is 372 g/mol. The molecule has 0 aliphatic carbocycles. The highest BCUT2D eigenvalue weighted by atomic mass is 35.5. The minimum absolute atomic E-state index is 0.00117. The standard InChI is InChI=1S/C17H25ClN2O5/c1-10(2)12-13(15(21)23-9-18)24-14(19-12)11-6-7-20(8-11)16(22)25-17(3,4)5/h10-11H,6-9H2,1-5H3. The van der Waals surface area contributed by atoms with E-state index < -0.39 is 11.6 Å². The van der Waals surface area contributed by atoms with Crippen LogP contribution in [-0.4, -0.2) is 46.7 Å². The summed E-state index contributed by atoms with van der Waals surface area (Å²) < 4.78 is 15.9. The molecule has 1 aromatic rings. The van der Waals surface area contributed by atoms with E-state index in [-0.39, 0.29) is 29.8 Å². The van der Waals surface area contributed by atoms with Gasteiger partial charge in [-0.3, -0.25) is 0 Å². The highest BCUT2D eigenvalue weighted by Crippen LogP contribution is 2.31. The number of aromatic nitrogens is 1. The lowest BCUT2D eigenvalue weighted by Crippen LogP contribution is -2.35. The fourth-order valence-corrected chi connectivity index (χ4v) is 2.73. The molecule has 1 atom stereocenters. The summed E-state index contributed by atoms with van der Waals surface area (Å²) in [6, 6.07) is -0.248. The van der Waals surface area contributed by atoms with Crippen LogP contribution >= 0.6 is 11.6 Å². The van der Waals surface area contributed by atoms with Gasteiger partial charge < -0.3 is 18.8 Å². The number of alkyl halides is 1. The first-order valence-electron chi connectivity index (χ1n) is 8.34. The van der Waals surface area contributed by atoms with Crippen LogP contribution in [0.3, 0.4) is 0 Å². The highest BCUT2D eigenvalue weighted by molar-refractivity contribution is 6.17. The number of esters is 1. The van der Waals surface area contributed by atoms with Gasteiger partial charge in [-0.25, -0.2) is 14.6 Å². The molecule has 2 rings (SSSR count). The Morgan fingerprint density at radius 2 is 2.08 bits per heavy atom. The topological polar surface area (TPSA) is 81.9 Å². The van der Waals surface area contributed by atoms with Crippen molar-refractivity contribution in [3.05, 3.63) is 17.3 Å². The van der Waals surface area contributed by atoms with Gasteiger partial charge >= 0.3 is 12.1 Å². The molecule has 8 heteroatoms. The Labute approximate surface area is 152 Å². The summed E-state index contributed by atoms with van der Waals surface area (Å²) in [6.45, 7) is 10.3. The first-order valence-corrected chi connectivity index (χ1v) is 8.87. The molecule has 1 aromatic heterocycles. The Morgan fingerprint density at radius 1 is 1.40 bits per heavy atom. The number of oxazole rings is 1. The van der Waals surface area contributed by atoms with E-state index in [4.69, 9.17) is 25.5 Å². The maximum absolute atomic E-state index is 12.2. The summed E-state index contributed by atoms with van der Waals surface area (Å²) in [5.74, 6) is -0.182. The van der Waals surface area contributed by atoms with Crippen LogP contribution in [0, 0.1) is 0 Å². The zero-order valence-electron chi connectivity index (χ0n) is 15.3. The molecule has 0 bridgehead atoms. The Kier molecular flexibility index (Phi) is 5.98. The van der Waals surface area contributed by atoms with E-state index in [2.05, 4.69) is 4.98 Å². The van der Waals surface area contributed by atoms with Crippen molar-refractivity contribution in [3.63, 3.8) is 0 Å². The van der Waals surface area contributed by atoms with E-state index in [1.165, 1.54) is 0 Å². The normalized spacial score (nSPS) is 17.9. The van der Waals surface area contributed by atoms with Gasteiger partial charge in [-0.15, -0.1) is 0 Å². The molecule has 25 heavy (non-hydrogen) atoms.